The summed E-state index contributed by atoms with van der Waals surface area (Å²) in [5.74, 6) is -0.234. The van der Waals surface area contributed by atoms with E-state index in [1.54, 1.807) is 0 Å². The van der Waals surface area contributed by atoms with Gasteiger partial charge in [-0.1, -0.05) is 0 Å². The lowest BCUT2D eigenvalue weighted by Gasteiger charge is -2.13. The largest absolute Gasteiger partial charge is 0.496 e. The molecule has 144 valence electrons. The van der Waals surface area contributed by atoms with E-state index in [1.807, 2.05) is 0 Å². The van der Waals surface area contributed by atoms with Gasteiger partial charge in [0.1, 0.15) is 11.5 Å². The summed E-state index contributed by atoms with van der Waals surface area (Å²) < 4.78 is 37.8. The van der Waals surface area contributed by atoms with Crippen LogP contribution in [0.4, 0.5) is 11.4 Å². The Bertz CT molecular complexity index is 990. The lowest BCUT2D eigenvalue weighted by molar-refractivity contribution is -0.384. The second-order valence-electron chi connectivity index (χ2n) is 5.19. The maximum Gasteiger partial charge on any atom is 0.271 e. The molecule has 0 aromatic heterocycles. The molecule has 0 unspecified atom stereocenters. The first-order valence-corrected chi connectivity index (χ1v) is 8.97. The smallest absolute Gasteiger partial charge is 0.271 e. The molecule has 2 rings (SSSR count). The summed E-state index contributed by atoms with van der Waals surface area (Å²) in [7, 11) is -0.117. The zero-order chi connectivity index (χ0) is 20.2. The van der Waals surface area contributed by atoms with Crippen molar-refractivity contribution in [2.24, 2.45) is 0 Å². The number of hydrogen-bond acceptors (Lipinski definition) is 7. The number of hydrogen-bond donors (Lipinski definition) is 2. The number of carbonyl (C=O) groups is 1. The minimum Gasteiger partial charge on any atom is -0.496 e. The van der Waals surface area contributed by atoms with E-state index in [-0.39, 0.29) is 33.3 Å². The molecule has 2 aromatic carbocycles. The van der Waals surface area contributed by atoms with E-state index in [0.29, 0.717) is 0 Å². The lowest BCUT2D eigenvalue weighted by atomic mass is 10.2. The lowest BCUT2D eigenvalue weighted by Crippen LogP contribution is -2.20. The normalized spacial score (nSPS) is 10.8. The van der Waals surface area contributed by atoms with Gasteiger partial charge in [-0.05, 0) is 24.3 Å². The average Bonchev–Trinajstić information content (AvgIpc) is 2.66. The molecule has 1 amide bonds. The first-order valence-electron chi connectivity index (χ1n) is 7.49. The maximum atomic E-state index is 12.7. The Morgan fingerprint density at radius 2 is 1.70 bits per heavy atom. The molecule has 0 atom stereocenters. The van der Waals surface area contributed by atoms with Gasteiger partial charge in [-0.2, -0.15) is 0 Å². The third-order valence-electron chi connectivity index (χ3n) is 3.59. The average molecular weight is 395 g/mol. The van der Waals surface area contributed by atoms with Crippen LogP contribution in [-0.4, -0.2) is 40.5 Å². The Balaban J connectivity index is 2.50. The Morgan fingerprint density at radius 3 is 2.26 bits per heavy atom. The molecule has 0 aliphatic heterocycles. The Labute approximate surface area is 155 Å². The summed E-state index contributed by atoms with van der Waals surface area (Å²) in [4.78, 5) is 22.0. The minimum atomic E-state index is -4.17. The summed E-state index contributed by atoms with van der Waals surface area (Å²) in [5.41, 5.74) is -0.396. The van der Waals surface area contributed by atoms with Crippen molar-refractivity contribution in [3.8, 4) is 11.5 Å². The number of methoxy groups -OCH3 is 2. The van der Waals surface area contributed by atoms with Crippen LogP contribution in [0.25, 0.3) is 0 Å². The standard InChI is InChI=1S/C16H17N3O7S/c1-17-16(20)12-9-11(5-7-14(12)25-2)27(23,24)18-13-8-10(19(21)22)4-6-15(13)26-3/h4-9,18H,1-3H3,(H,17,20). The molecule has 0 heterocycles. The van der Waals surface area contributed by atoms with Crippen LogP contribution in [0.1, 0.15) is 10.4 Å². The summed E-state index contributed by atoms with van der Waals surface area (Å²) in [5, 5.41) is 13.3. The van der Waals surface area contributed by atoms with Crippen molar-refractivity contribution in [1.82, 2.24) is 5.32 Å². The summed E-state index contributed by atoms with van der Waals surface area (Å²) >= 11 is 0. The summed E-state index contributed by atoms with van der Waals surface area (Å²) in [6.45, 7) is 0. The number of non-ortho nitro benzene ring substituents is 1. The molecule has 27 heavy (non-hydrogen) atoms. The fraction of sp³-hybridized carbons (Fsp3) is 0.188. The molecule has 0 saturated carbocycles. The monoisotopic (exact) mass is 395 g/mol. The highest BCUT2D eigenvalue weighted by molar-refractivity contribution is 7.92. The van der Waals surface area contributed by atoms with E-state index in [2.05, 4.69) is 10.0 Å². The molecule has 0 aliphatic rings. The number of nitro groups is 1. The SMILES string of the molecule is CNC(=O)c1cc(S(=O)(=O)Nc2cc([N+](=O)[O-])ccc2OC)ccc1OC. The van der Waals surface area contributed by atoms with E-state index in [1.165, 1.54) is 45.5 Å². The van der Waals surface area contributed by atoms with E-state index in [9.17, 15) is 23.3 Å². The Kier molecular flexibility index (Phi) is 5.85. The van der Waals surface area contributed by atoms with Crippen LogP contribution >= 0.6 is 0 Å². The van der Waals surface area contributed by atoms with Crippen molar-refractivity contribution in [1.29, 1.82) is 0 Å². The minimum absolute atomic E-state index is 0.0221. The first-order chi connectivity index (χ1) is 12.7. The summed E-state index contributed by atoms with van der Waals surface area (Å²) in [6.07, 6.45) is 0. The van der Waals surface area contributed by atoms with Crippen LogP contribution in [0.5, 0.6) is 11.5 Å². The van der Waals surface area contributed by atoms with Crippen molar-refractivity contribution >= 4 is 27.3 Å². The molecule has 0 aliphatic carbocycles. The van der Waals surface area contributed by atoms with Crippen molar-refractivity contribution in [2.75, 3.05) is 26.0 Å². The van der Waals surface area contributed by atoms with Gasteiger partial charge in [-0.3, -0.25) is 19.6 Å². The van der Waals surface area contributed by atoms with Gasteiger partial charge in [-0.25, -0.2) is 8.42 Å². The topological polar surface area (TPSA) is 137 Å². The van der Waals surface area contributed by atoms with Gasteiger partial charge < -0.3 is 14.8 Å². The second-order valence-corrected chi connectivity index (χ2v) is 6.87. The van der Waals surface area contributed by atoms with Crippen LogP contribution in [0.2, 0.25) is 0 Å². The number of nitrogens with one attached hydrogen (secondary N) is 2. The molecule has 0 radical (unpaired) electrons. The van der Waals surface area contributed by atoms with Crippen LogP contribution in [0.3, 0.4) is 0 Å². The van der Waals surface area contributed by atoms with Crippen LogP contribution in [0.15, 0.2) is 41.3 Å². The molecule has 10 nitrogen and oxygen atoms in total. The molecule has 11 heteroatoms. The number of nitrogens with zero attached hydrogens (tertiary/aromatic N) is 1. The number of rotatable bonds is 7. The highest BCUT2D eigenvalue weighted by Crippen LogP contribution is 2.31. The van der Waals surface area contributed by atoms with E-state index in [0.717, 1.165) is 12.1 Å². The van der Waals surface area contributed by atoms with Crippen molar-refractivity contribution in [3.05, 3.63) is 52.1 Å². The molecule has 2 aromatic rings. The number of nitro benzene ring substituents is 1. The second kappa shape index (κ2) is 7.91. The molecular formula is C16H17N3O7S. The van der Waals surface area contributed by atoms with Crippen molar-refractivity contribution in [2.45, 2.75) is 4.90 Å². The molecule has 2 N–H and O–H groups in total. The fourth-order valence-electron chi connectivity index (χ4n) is 2.26. The number of carbonyl (C=O) groups excluding carboxylic acids is 1. The zero-order valence-corrected chi connectivity index (χ0v) is 15.5. The molecular weight excluding hydrogens is 378 g/mol. The quantitative estimate of drug-likeness (QED) is 0.538. The highest BCUT2D eigenvalue weighted by Gasteiger charge is 2.22. The fourth-order valence-corrected chi connectivity index (χ4v) is 3.35. The summed E-state index contributed by atoms with van der Waals surface area (Å²) in [6, 6.07) is 7.23. The van der Waals surface area contributed by atoms with Crippen molar-refractivity contribution < 1.29 is 27.6 Å². The maximum absolute atomic E-state index is 12.7. The predicted molar refractivity (Wildman–Crippen MR) is 96.8 cm³/mol. The Hall–Kier alpha value is -3.34. The number of anilines is 1. The van der Waals surface area contributed by atoms with Gasteiger partial charge in [0.15, 0.2) is 0 Å². The first kappa shape index (κ1) is 20.0. The third-order valence-corrected chi connectivity index (χ3v) is 4.95. The number of benzene rings is 2. The Morgan fingerprint density at radius 1 is 1.07 bits per heavy atom. The van der Waals surface area contributed by atoms with E-state index in [4.69, 9.17) is 9.47 Å². The molecule has 0 saturated heterocycles. The number of amides is 1. The highest BCUT2D eigenvalue weighted by atomic mass is 32.2. The van der Waals surface area contributed by atoms with E-state index < -0.39 is 20.9 Å². The van der Waals surface area contributed by atoms with Gasteiger partial charge >= 0.3 is 0 Å². The van der Waals surface area contributed by atoms with E-state index >= 15 is 0 Å². The zero-order valence-electron chi connectivity index (χ0n) is 14.7. The molecule has 0 fully saturated rings. The third kappa shape index (κ3) is 4.26. The van der Waals surface area contributed by atoms with Gasteiger partial charge in [0.2, 0.25) is 0 Å². The van der Waals surface area contributed by atoms with Crippen LogP contribution in [0, 0.1) is 10.1 Å². The molecule has 0 bridgehead atoms. The number of ether oxygens (including phenoxy) is 2. The number of sulfonamides is 1. The van der Waals surface area contributed by atoms with Crippen molar-refractivity contribution in [3.63, 3.8) is 0 Å². The van der Waals surface area contributed by atoms with Gasteiger partial charge in [0.25, 0.3) is 21.6 Å². The van der Waals surface area contributed by atoms with Gasteiger partial charge in [0, 0.05) is 19.2 Å². The van der Waals surface area contributed by atoms with Crippen LogP contribution < -0.4 is 19.5 Å². The molecule has 0 spiro atoms. The van der Waals surface area contributed by atoms with Gasteiger partial charge in [-0.15, -0.1) is 0 Å². The predicted octanol–water partition coefficient (Wildman–Crippen LogP) is 1.77. The van der Waals surface area contributed by atoms with Crippen LogP contribution in [-0.2, 0) is 10.0 Å². The van der Waals surface area contributed by atoms with Gasteiger partial charge in [0.05, 0.1) is 35.3 Å².